The Balaban J connectivity index is 1.27. The van der Waals surface area contributed by atoms with Crippen LogP contribution in [0.2, 0.25) is 0 Å². The third kappa shape index (κ3) is 6.03. The van der Waals surface area contributed by atoms with Gasteiger partial charge in [-0.1, -0.05) is 67.1 Å². The number of unbranched alkanes of at least 4 members (excludes halogenated alkanes) is 1. The molecule has 2 saturated heterocycles. The van der Waals surface area contributed by atoms with Crippen LogP contribution in [0.1, 0.15) is 36.0 Å². The highest BCUT2D eigenvalue weighted by Gasteiger charge is 2.42. The summed E-state index contributed by atoms with van der Waals surface area (Å²) in [7, 11) is -1.14. The molecule has 0 radical (unpaired) electrons. The first-order valence-electron chi connectivity index (χ1n) is 12.8. The molecule has 9 heteroatoms. The van der Waals surface area contributed by atoms with Gasteiger partial charge in [-0.2, -0.15) is 11.8 Å². The van der Waals surface area contributed by atoms with E-state index in [1.807, 2.05) is 78.5 Å². The Labute approximate surface area is 227 Å². The summed E-state index contributed by atoms with van der Waals surface area (Å²) < 4.78 is 0. The van der Waals surface area contributed by atoms with Crippen LogP contribution in [0.5, 0.6) is 0 Å². The molecular formula is C29H30N3O4PS. The normalized spacial score (nSPS) is 20.0. The Morgan fingerprint density at radius 1 is 0.947 bits per heavy atom. The number of amides is 3. The Bertz CT molecular complexity index is 1270. The molecule has 0 aliphatic carbocycles. The van der Waals surface area contributed by atoms with Gasteiger partial charge in [-0.25, -0.2) is 9.59 Å². The Morgan fingerprint density at radius 2 is 1.63 bits per heavy atom. The number of hydrogen-bond donors (Lipinski definition) is 4. The molecule has 2 aliphatic rings. The Hall–Kier alpha value is -3.35. The zero-order chi connectivity index (χ0) is 26.5. The van der Waals surface area contributed by atoms with Gasteiger partial charge in [0.1, 0.15) is 0 Å². The van der Waals surface area contributed by atoms with Crippen molar-refractivity contribution >= 4 is 59.2 Å². The van der Waals surface area contributed by atoms with Crippen LogP contribution in [0.25, 0.3) is 0 Å². The summed E-state index contributed by atoms with van der Waals surface area (Å²) in [5.41, 5.74) is 0.839. The van der Waals surface area contributed by atoms with E-state index in [2.05, 4.69) is 16.0 Å². The van der Waals surface area contributed by atoms with Crippen LogP contribution in [0.3, 0.4) is 0 Å². The monoisotopic (exact) mass is 547 g/mol. The van der Waals surface area contributed by atoms with Crippen LogP contribution in [0, 0.1) is 0 Å². The number of carbonyl (C=O) groups excluding carboxylic acids is 2. The van der Waals surface area contributed by atoms with Gasteiger partial charge in [-0.05, 0) is 49.6 Å². The molecule has 0 spiro atoms. The van der Waals surface area contributed by atoms with Crippen LogP contribution < -0.4 is 31.9 Å². The molecule has 4 N–H and O–H groups in total. The average Bonchev–Trinajstić information content (AvgIpc) is 3.47. The van der Waals surface area contributed by atoms with E-state index < -0.39 is 13.9 Å². The second-order valence-corrected chi connectivity index (χ2v) is 12.9. The summed E-state index contributed by atoms with van der Waals surface area (Å²) in [5.74, 6) is -0.147. The van der Waals surface area contributed by atoms with Gasteiger partial charge >= 0.3 is 12.0 Å². The maximum absolute atomic E-state index is 12.8. The lowest BCUT2D eigenvalue weighted by Crippen LogP contribution is -2.36. The number of benzene rings is 3. The smallest absolute Gasteiger partial charge is 0.336 e. The SMILES string of the molecule is O=C(CCCC[C@H]1SCC2NC(=O)NC21)Nc1ccc(C(=O)O)c(P(c2ccccc2)c2ccccc2)c1. The zero-order valence-electron chi connectivity index (χ0n) is 20.8. The number of anilines is 1. The van der Waals surface area contributed by atoms with E-state index in [1.54, 1.807) is 12.1 Å². The number of nitrogens with one attached hydrogen (secondary N) is 3. The molecule has 38 heavy (non-hydrogen) atoms. The number of fused-ring (bicyclic) bond motifs is 1. The van der Waals surface area contributed by atoms with Gasteiger partial charge in [0.05, 0.1) is 17.6 Å². The molecular weight excluding hydrogens is 517 g/mol. The predicted octanol–water partition coefficient (Wildman–Crippen LogP) is 3.81. The van der Waals surface area contributed by atoms with Gasteiger partial charge in [0, 0.05) is 28.4 Å². The molecule has 3 amide bonds. The highest BCUT2D eigenvalue weighted by Crippen LogP contribution is 2.35. The van der Waals surface area contributed by atoms with Crippen LogP contribution in [0.4, 0.5) is 10.5 Å². The first kappa shape index (κ1) is 26.3. The van der Waals surface area contributed by atoms with E-state index in [0.717, 1.165) is 35.6 Å². The largest absolute Gasteiger partial charge is 0.478 e. The number of carboxylic acid groups (broad SMARTS) is 1. The number of rotatable bonds is 10. The summed E-state index contributed by atoms with van der Waals surface area (Å²) in [5, 5.41) is 22.1. The first-order valence-corrected chi connectivity index (χ1v) is 15.1. The maximum atomic E-state index is 12.8. The Morgan fingerprint density at radius 3 is 2.29 bits per heavy atom. The fourth-order valence-electron chi connectivity index (χ4n) is 5.05. The third-order valence-electron chi connectivity index (χ3n) is 6.86. The van der Waals surface area contributed by atoms with Crippen molar-refractivity contribution in [3.05, 3.63) is 84.4 Å². The molecule has 2 unspecified atom stereocenters. The lowest BCUT2D eigenvalue weighted by atomic mass is 10.0. The second kappa shape index (κ2) is 12.0. The lowest BCUT2D eigenvalue weighted by Gasteiger charge is -2.22. The van der Waals surface area contributed by atoms with E-state index in [1.165, 1.54) is 0 Å². The van der Waals surface area contributed by atoms with Crippen molar-refractivity contribution in [2.45, 2.75) is 43.0 Å². The van der Waals surface area contributed by atoms with Crippen molar-refractivity contribution in [2.75, 3.05) is 11.1 Å². The molecule has 3 aromatic carbocycles. The fraction of sp³-hybridized carbons (Fsp3) is 0.276. The van der Waals surface area contributed by atoms with E-state index in [-0.39, 0.29) is 29.6 Å². The molecule has 7 nitrogen and oxygen atoms in total. The Kier molecular flexibility index (Phi) is 8.30. The highest BCUT2D eigenvalue weighted by molar-refractivity contribution is 8.00. The third-order valence-corrected chi connectivity index (χ3v) is 10.9. The summed E-state index contributed by atoms with van der Waals surface area (Å²) >= 11 is 1.88. The van der Waals surface area contributed by atoms with Crippen LogP contribution in [-0.4, -0.2) is 46.1 Å². The number of thioether (sulfide) groups is 1. The van der Waals surface area contributed by atoms with Crippen LogP contribution >= 0.6 is 19.7 Å². The quantitative estimate of drug-likeness (QED) is 0.176. The maximum Gasteiger partial charge on any atom is 0.336 e. The van der Waals surface area contributed by atoms with Crippen molar-refractivity contribution in [1.29, 1.82) is 0 Å². The summed E-state index contributed by atoms with van der Waals surface area (Å²) in [6.07, 6.45) is 3.00. The van der Waals surface area contributed by atoms with E-state index >= 15 is 0 Å². The summed E-state index contributed by atoms with van der Waals surface area (Å²) in [6.45, 7) is 0. The van der Waals surface area contributed by atoms with Gasteiger partial charge in [-0.15, -0.1) is 0 Å². The molecule has 0 bridgehead atoms. The van der Waals surface area contributed by atoms with Crippen LogP contribution in [-0.2, 0) is 4.79 Å². The van der Waals surface area contributed by atoms with Gasteiger partial charge in [0.25, 0.3) is 0 Å². The molecule has 196 valence electrons. The number of carboxylic acids is 1. The van der Waals surface area contributed by atoms with Gasteiger partial charge in [0.15, 0.2) is 0 Å². The molecule has 2 heterocycles. The van der Waals surface area contributed by atoms with E-state index in [9.17, 15) is 19.5 Å². The first-order chi connectivity index (χ1) is 18.5. The topological polar surface area (TPSA) is 108 Å². The van der Waals surface area contributed by atoms with Crippen molar-refractivity contribution < 1.29 is 19.5 Å². The number of hydrogen-bond acceptors (Lipinski definition) is 4. The molecule has 2 fully saturated rings. The minimum Gasteiger partial charge on any atom is -0.478 e. The minimum absolute atomic E-state index is 0.0823. The van der Waals surface area contributed by atoms with E-state index in [0.29, 0.717) is 22.7 Å². The van der Waals surface area contributed by atoms with Crippen LogP contribution in [0.15, 0.2) is 78.9 Å². The standard InChI is InChI=1S/C29H30N3O4PS/c33-26(14-8-7-13-25-27-23(18-38-25)31-29(36)32-27)30-19-15-16-22(28(34)35)24(17-19)37(20-9-3-1-4-10-20)21-11-5-2-6-12-21/h1-6,9-12,15-17,23,25,27H,7-8,13-14,18H2,(H,30,33)(H,34,35)(H2,31,32,36)/t23?,25-,27?/m1/s1. The highest BCUT2D eigenvalue weighted by atomic mass is 32.2. The van der Waals surface area contributed by atoms with Crippen molar-refractivity contribution in [3.63, 3.8) is 0 Å². The van der Waals surface area contributed by atoms with Gasteiger partial charge in [-0.3, -0.25) is 4.79 Å². The molecule has 2 aliphatic heterocycles. The fourth-order valence-corrected chi connectivity index (χ4v) is 9.07. The molecule has 0 saturated carbocycles. The van der Waals surface area contributed by atoms with E-state index in [4.69, 9.17) is 0 Å². The second-order valence-electron chi connectivity index (χ2n) is 9.46. The molecule has 3 atom stereocenters. The van der Waals surface area contributed by atoms with Crippen molar-refractivity contribution in [3.8, 4) is 0 Å². The molecule has 5 rings (SSSR count). The number of urea groups is 1. The number of aromatic carboxylic acids is 1. The number of carbonyl (C=O) groups is 3. The predicted molar refractivity (Wildman–Crippen MR) is 155 cm³/mol. The van der Waals surface area contributed by atoms with Crippen molar-refractivity contribution in [1.82, 2.24) is 10.6 Å². The molecule has 3 aromatic rings. The summed E-state index contributed by atoms with van der Waals surface area (Å²) in [6, 6.07) is 25.2. The summed E-state index contributed by atoms with van der Waals surface area (Å²) in [4.78, 5) is 36.5. The van der Waals surface area contributed by atoms with Gasteiger partial charge < -0.3 is 21.1 Å². The zero-order valence-corrected chi connectivity index (χ0v) is 22.5. The average molecular weight is 548 g/mol. The minimum atomic E-state index is -1.14. The lowest BCUT2D eigenvalue weighted by molar-refractivity contribution is -0.116. The molecule has 0 aromatic heterocycles. The van der Waals surface area contributed by atoms with Crippen molar-refractivity contribution in [2.24, 2.45) is 0 Å². The van der Waals surface area contributed by atoms with Gasteiger partial charge in [0.2, 0.25) is 5.91 Å².